The number of rotatable bonds is 5. The first-order valence-electron chi connectivity index (χ1n) is 8.37. The maximum Gasteiger partial charge on any atom is 0.312 e. The predicted molar refractivity (Wildman–Crippen MR) is 101 cm³/mol. The van der Waals surface area contributed by atoms with E-state index in [0.717, 1.165) is 11.3 Å². The van der Waals surface area contributed by atoms with Crippen LogP contribution in [0.4, 0.5) is 11.5 Å². The van der Waals surface area contributed by atoms with Gasteiger partial charge in [-0.1, -0.05) is 18.2 Å². The summed E-state index contributed by atoms with van der Waals surface area (Å²) in [6, 6.07) is 12.4. The van der Waals surface area contributed by atoms with Gasteiger partial charge in [0.05, 0.1) is 11.5 Å². The van der Waals surface area contributed by atoms with Crippen molar-refractivity contribution in [2.45, 2.75) is 27.3 Å². The van der Waals surface area contributed by atoms with Crippen LogP contribution in [-0.4, -0.2) is 25.6 Å². The largest absolute Gasteiger partial charge is 0.312 e. The number of carbonyl (C=O) groups excluding carboxylic acids is 1. The van der Waals surface area contributed by atoms with E-state index in [0.29, 0.717) is 29.3 Å². The molecule has 0 fully saturated rings. The van der Waals surface area contributed by atoms with Crippen LogP contribution in [0.5, 0.6) is 0 Å². The van der Waals surface area contributed by atoms with Crippen molar-refractivity contribution in [2.75, 3.05) is 5.32 Å². The molecular formula is C19H19N5O3. The number of benzene rings is 1. The molecule has 0 unspecified atom stereocenters. The Hall–Kier alpha value is -3.55. The smallest absolute Gasteiger partial charge is 0.307 e. The highest BCUT2D eigenvalue weighted by Crippen LogP contribution is 2.22. The minimum absolute atomic E-state index is 0.0386. The van der Waals surface area contributed by atoms with E-state index < -0.39 is 4.92 Å². The zero-order valence-electron chi connectivity index (χ0n) is 15.3. The molecule has 0 aliphatic carbocycles. The number of hydrogen-bond acceptors (Lipinski definition) is 5. The van der Waals surface area contributed by atoms with Crippen molar-refractivity contribution in [2.24, 2.45) is 0 Å². The fourth-order valence-corrected chi connectivity index (χ4v) is 2.84. The molecule has 0 aliphatic heterocycles. The summed E-state index contributed by atoms with van der Waals surface area (Å²) in [4.78, 5) is 27.3. The fourth-order valence-electron chi connectivity index (χ4n) is 2.84. The maximum absolute atomic E-state index is 12.3. The molecule has 2 heterocycles. The van der Waals surface area contributed by atoms with Crippen molar-refractivity contribution < 1.29 is 9.72 Å². The number of nitrogens with zero attached hydrogens (tertiary/aromatic N) is 4. The lowest BCUT2D eigenvalue weighted by Gasteiger charge is -2.07. The molecule has 8 nitrogen and oxygen atoms in total. The fraction of sp³-hybridized carbons (Fsp3) is 0.211. The molecule has 27 heavy (non-hydrogen) atoms. The van der Waals surface area contributed by atoms with Crippen molar-refractivity contribution in [3.8, 4) is 0 Å². The highest BCUT2D eigenvalue weighted by molar-refractivity contribution is 6.03. The van der Waals surface area contributed by atoms with E-state index in [1.165, 1.54) is 0 Å². The number of hydrogen-bond donors (Lipinski definition) is 1. The molecule has 0 spiro atoms. The molecule has 8 heteroatoms. The Morgan fingerprint density at radius 3 is 2.44 bits per heavy atom. The quantitative estimate of drug-likeness (QED) is 0.551. The summed E-state index contributed by atoms with van der Waals surface area (Å²) in [5, 5.41) is 18.1. The van der Waals surface area contributed by atoms with Crippen LogP contribution in [-0.2, 0) is 6.54 Å². The standard InChI is InChI=1S/C19H19N5O3/c1-12-5-4-6-17(20-12)21-19(25)16-9-7-15(8-10-16)11-23-14(3)18(24(26)27)13(2)22-23/h4-10H,11H2,1-3H3,(H,20,21,25). The van der Waals surface area contributed by atoms with Crippen LogP contribution in [0, 0.1) is 30.9 Å². The summed E-state index contributed by atoms with van der Waals surface area (Å²) in [5.74, 6) is 0.250. The van der Waals surface area contributed by atoms with E-state index >= 15 is 0 Å². The van der Waals surface area contributed by atoms with Crippen LogP contribution in [0.1, 0.15) is 33.0 Å². The van der Waals surface area contributed by atoms with E-state index in [1.807, 2.05) is 19.1 Å². The lowest BCUT2D eigenvalue weighted by molar-refractivity contribution is -0.386. The van der Waals surface area contributed by atoms with Crippen molar-refractivity contribution >= 4 is 17.4 Å². The van der Waals surface area contributed by atoms with E-state index in [-0.39, 0.29) is 11.6 Å². The van der Waals surface area contributed by atoms with Gasteiger partial charge in [-0.2, -0.15) is 5.10 Å². The zero-order chi connectivity index (χ0) is 19.6. The lowest BCUT2D eigenvalue weighted by Crippen LogP contribution is -2.13. The van der Waals surface area contributed by atoms with Gasteiger partial charge in [-0.15, -0.1) is 0 Å². The number of anilines is 1. The molecule has 0 radical (unpaired) electrons. The molecule has 0 bridgehead atoms. The molecule has 138 valence electrons. The molecule has 0 atom stereocenters. The molecular weight excluding hydrogens is 346 g/mol. The second-order valence-electron chi connectivity index (χ2n) is 6.25. The number of aryl methyl sites for hydroxylation is 2. The Morgan fingerprint density at radius 1 is 1.15 bits per heavy atom. The van der Waals surface area contributed by atoms with Gasteiger partial charge in [-0.25, -0.2) is 4.98 Å². The summed E-state index contributed by atoms with van der Waals surface area (Å²) < 4.78 is 1.60. The van der Waals surface area contributed by atoms with Gasteiger partial charge in [0.1, 0.15) is 17.2 Å². The third-order valence-corrected chi connectivity index (χ3v) is 4.20. The monoisotopic (exact) mass is 365 g/mol. The molecule has 0 aliphatic rings. The summed E-state index contributed by atoms with van der Waals surface area (Å²) in [5.41, 5.74) is 3.14. The van der Waals surface area contributed by atoms with Crippen LogP contribution in [0.25, 0.3) is 0 Å². The highest BCUT2D eigenvalue weighted by atomic mass is 16.6. The van der Waals surface area contributed by atoms with Gasteiger partial charge in [0.15, 0.2) is 0 Å². The van der Waals surface area contributed by atoms with Crippen molar-refractivity contribution in [1.29, 1.82) is 0 Å². The number of amides is 1. The Kier molecular flexibility index (Phi) is 4.98. The van der Waals surface area contributed by atoms with Gasteiger partial charge in [0.2, 0.25) is 0 Å². The predicted octanol–water partition coefficient (Wildman–Crippen LogP) is 3.41. The molecule has 0 saturated heterocycles. The maximum atomic E-state index is 12.3. The minimum Gasteiger partial charge on any atom is -0.307 e. The van der Waals surface area contributed by atoms with Crippen LogP contribution >= 0.6 is 0 Å². The molecule has 3 aromatic rings. The Bertz CT molecular complexity index is 1010. The average molecular weight is 365 g/mol. The SMILES string of the molecule is Cc1cccc(NC(=O)c2ccc(Cn3nc(C)c([N+](=O)[O-])c3C)cc2)n1. The second-order valence-corrected chi connectivity index (χ2v) is 6.25. The van der Waals surface area contributed by atoms with Crippen LogP contribution < -0.4 is 5.32 Å². The zero-order valence-corrected chi connectivity index (χ0v) is 15.3. The molecule has 2 aromatic heterocycles. The second kappa shape index (κ2) is 7.36. The molecule has 1 aromatic carbocycles. The Balaban J connectivity index is 1.73. The Labute approximate surface area is 156 Å². The summed E-state index contributed by atoms with van der Waals surface area (Å²) in [6.45, 7) is 5.54. The van der Waals surface area contributed by atoms with Crippen molar-refractivity contribution in [3.05, 3.63) is 80.8 Å². The topological polar surface area (TPSA) is 103 Å². The van der Waals surface area contributed by atoms with Gasteiger partial charge in [-0.05, 0) is 50.6 Å². The Morgan fingerprint density at radius 2 is 1.85 bits per heavy atom. The molecule has 0 saturated carbocycles. The highest BCUT2D eigenvalue weighted by Gasteiger charge is 2.21. The third-order valence-electron chi connectivity index (χ3n) is 4.20. The third kappa shape index (κ3) is 4.00. The van der Waals surface area contributed by atoms with E-state index in [2.05, 4.69) is 15.4 Å². The van der Waals surface area contributed by atoms with Gasteiger partial charge in [0, 0.05) is 11.3 Å². The first-order valence-corrected chi connectivity index (χ1v) is 8.37. The normalized spacial score (nSPS) is 10.6. The van der Waals surface area contributed by atoms with E-state index in [9.17, 15) is 14.9 Å². The van der Waals surface area contributed by atoms with Gasteiger partial charge >= 0.3 is 5.69 Å². The van der Waals surface area contributed by atoms with Crippen LogP contribution in [0.2, 0.25) is 0 Å². The van der Waals surface area contributed by atoms with Gasteiger partial charge < -0.3 is 5.32 Å². The summed E-state index contributed by atoms with van der Waals surface area (Å²) in [6.07, 6.45) is 0. The number of aromatic nitrogens is 3. The van der Waals surface area contributed by atoms with Crippen LogP contribution in [0.3, 0.4) is 0 Å². The van der Waals surface area contributed by atoms with Gasteiger partial charge in [-0.3, -0.25) is 19.6 Å². The van der Waals surface area contributed by atoms with E-state index in [4.69, 9.17) is 0 Å². The summed E-state index contributed by atoms with van der Waals surface area (Å²) >= 11 is 0. The van der Waals surface area contributed by atoms with Crippen molar-refractivity contribution in [3.63, 3.8) is 0 Å². The number of nitro groups is 1. The molecule has 1 N–H and O–H groups in total. The lowest BCUT2D eigenvalue weighted by atomic mass is 10.1. The summed E-state index contributed by atoms with van der Waals surface area (Å²) in [7, 11) is 0. The number of carbonyl (C=O) groups is 1. The van der Waals surface area contributed by atoms with E-state index in [1.54, 1.807) is 48.9 Å². The number of nitrogens with one attached hydrogen (secondary N) is 1. The van der Waals surface area contributed by atoms with Crippen molar-refractivity contribution in [1.82, 2.24) is 14.8 Å². The van der Waals surface area contributed by atoms with Gasteiger partial charge in [0.25, 0.3) is 5.91 Å². The molecule has 1 amide bonds. The molecule has 3 rings (SSSR count). The minimum atomic E-state index is -0.416. The average Bonchev–Trinajstić information content (AvgIpc) is 2.89. The first kappa shape index (κ1) is 18.2. The first-order chi connectivity index (χ1) is 12.8. The number of pyridine rings is 1. The van der Waals surface area contributed by atoms with Crippen LogP contribution in [0.15, 0.2) is 42.5 Å².